The summed E-state index contributed by atoms with van der Waals surface area (Å²) in [4.78, 5) is 7.20. The molecule has 2 unspecified atom stereocenters. The number of nitrogens with one attached hydrogen (secondary N) is 4. The number of fused-ring (bicyclic) bond motifs is 1. The second-order valence-electron chi connectivity index (χ2n) is 7.30. The molecule has 24 heavy (non-hydrogen) atoms. The molecule has 4 atom stereocenters. The van der Waals surface area contributed by atoms with Crippen LogP contribution in [0.15, 0.2) is 16.5 Å². The lowest BCUT2D eigenvalue weighted by molar-refractivity contribution is -0.0344. The minimum Gasteiger partial charge on any atom is -0.367 e. The van der Waals surface area contributed by atoms with Gasteiger partial charge in [-0.25, -0.2) is 4.99 Å². The zero-order valence-electron chi connectivity index (χ0n) is 14.9. The molecule has 7 heteroatoms. The summed E-state index contributed by atoms with van der Waals surface area (Å²) in [6.45, 7) is 8.23. The van der Waals surface area contributed by atoms with Gasteiger partial charge in [-0.05, 0) is 32.2 Å². The Hall–Kier alpha value is -1.47. The van der Waals surface area contributed by atoms with Crippen LogP contribution in [0.5, 0.6) is 0 Å². The number of rotatable bonds is 6. The van der Waals surface area contributed by atoms with Crippen molar-refractivity contribution in [3.8, 4) is 0 Å². The molecule has 3 fully saturated rings. The first-order chi connectivity index (χ1) is 11.7. The average Bonchev–Trinajstić information content (AvgIpc) is 3.15. The first-order valence-electron chi connectivity index (χ1n) is 9.44. The van der Waals surface area contributed by atoms with Crippen molar-refractivity contribution in [1.82, 2.24) is 26.2 Å². The largest absolute Gasteiger partial charge is 0.367 e. The molecule has 134 valence electrons. The van der Waals surface area contributed by atoms with Crippen molar-refractivity contribution < 1.29 is 4.74 Å². The third-order valence-corrected chi connectivity index (χ3v) is 5.24. The Morgan fingerprint density at radius 2 is 2.17 bits per heavy atom. The van der Waals surface area contributed by atoms with Crippen LogP contribution in [0.2, 0.25) is 0 Å². The first-order valence-corrected chi connectivity index (χ1v) is 9.44. The fourth-order valence-corrected chi connectivity index (χ4v) is 3.77. The van der Waals surface area contributed by atoms with Gasteiger partial charge in [0.05, 0.1) is 12.8 Å². The van der Waals surface area contributed by atoms with Gasteiger partial charge in [0.25, 0.3) is 0 Å². The highest BCUT2D eigenvalue weighted by molar-refractivity contribution is 6.01. The zero-order chi connectivity index (χ0) is 16.7. The van der Waals surface area contributed by atoms with E-state index in [1.807, 2.05) is 0 Å². The number of hydrogen-bond acceptors (Lipinski definition) is 7. The Kier molecular flexibility index (Phi) is 4.30. The van der Waals surface area contributed by atoms with Gasteiger partial charge in [-0.15, -0.1) is 0 Å². The van der Waals surface area contributed by atoms with Crippen molar-refractivity contribution in [2.45, 2.75) is 71.1 Å². The van der Waals surface area contributed by atoms with Crippen LogP contribution < -0.4 is 21.3 Å². The second-order valence-corrected chi connectivity index (χ2v) is 7.30. The van der Waals surface area contributed by atoms with E-state index in [-0.39, 0.29) is 12.5 Å². The predicted molar refractivity (Wildman–Crippen MR) is 93.8 cm³/mol. The van der Waals surface area contributed by atoms with Gasteiger partial charge < -0.3 is 25.6 Å². The highest BCUT2D eigenvalue weighted by Gasteiger charge is 2.42. The van der Waals surface area contributed by atoms with Crippen LogP contribution in [0.4, 0.5) is 0 Å². The summed E-state index contributed by atoms with van der Waals surface area (Å²) in [6, 6.07) is 0.601. The Labute approximate surface area is 144 Å². The topological polar surface area (TPSA) is 73.0 Å². The molecule has 0 spiro atoms. The molecule has 1 aliphatic carbocycles. The van der Waals surface area contributed by atoms with Gasteiger partial charge >= 0.3 is 0 Å². The van der Waals surface area contributed by atoms with E-state index < -0.39 is 0 Å². The predicted octanol–water partition coefficient (Wildman–Crippen LogP) is 0.826. The molecule has 0 amide bonds. The molecule has 0 radical (unpaired) electrons. The Morgan fingerprint density at radius 3 is 2.83 bits per heavy atom. The third kappa shape index (κ3) is 2.95. The van der Waals surface area contributed by atoms with Crippen LogP contribution in [0, 0.1) is 5.92 Å². The van der Waals surface area contributed by atoms with Crippen molar-refractivity contribution in [1.29, 1.82) is 0 Å². The highest BCUT2D eigenvalue weighted by Crippen LogP contribution is 2.33. The van der Waals surface area contributed by atoms with E-state index in [1.54, 1.807) is 0 Å². The Bertz CT molecular complexity index is 543. The van der Waals surface area contributed by atoms with Crippen LogP contribution in [0.3, 0.4) is 0 Å². The van der Waals surface area contributed by atoms with Gasteiger partial charge in [0.2, 0.25) is 0 Å². The van der Waals surface area contributed by atoms with E-state index in [4.69, 9.17) is 9.73 Å². The van der Waals surface area contributed by atoms with Crippen LogP contribution in [0.1, 0.15) is 46.5 Å². The normalized spacial score (nSPS) is 35.5. The van der Waals surface area contributed by atoms with Gasteiger partial charge in [-0.2, -0.15) is 0 Å². The van der Waals surface area contributed by atoms with Crippen molar-refractivity contribution in [3.63, 3.8) is 0 Å². The van der Waals surface area contributed by atoms with Crippen molar-refractivity contribution in [2.75, 3.05) is 13.2 Å². The number of ether oxygens (including phenoxy) is 1. The summed E-state index contributed by atoms with van der Waals surface area (Å²) in [6.07, 6.45) is 5.11. The van der Waals surface area contributed by atoms with E-state index in [0.717, 1.165) is 43.4 Å². The molecule has 3 heterocycles. The van der Waals surface area contributed by atoms with Crippen molar-refractivity contribution in [3.05, 3.63) is 11.5 Å². The van der Waals surface area contributed by atoms with E-state index >= 15 is 0 Å². The maximum absolute atomic E-state index is 6.30. The second kappa shape index (κ2) is 6.44. The lowest BCUT2D eigenvalue weighted by Crippen LogP contribution is -2.50. The van der Waals surface area contributed by atoms with Gasteiger partial charge in [-0.3, -0.25) is 5.32 Å². The molecule has 1 saturated carbocycles. The summed E-state index contributed by atoms with van der Waals surface area (Å²) in [5, 5.41) is 14.0. The summed E-state index contributed by atoms with van der Waals surface area (Å²) in [7, 11) is 0. The number of hydrogen-bond donors (Lipinski definition) is 4. The van der Waals surface area contributed by atoms with Crippen LogP contribution in [0.25, 0.3) is 0 Å². The SMILES string of the molecule is CCNC1N=C2C(=C(NC3CC3)N1)NCN2[C@@H]1O[C@H](CC)CC1C. The molecule has 4 rings (SSSR count). The maximum atomic E-state index is 6.30. The standard InChI is InChI=1S/C17H30N6O/c1-4-12-8-10(3)16(24-12)23-9-19-13-14(20-11-6-7-11)21-17(18-5-2)22-15(13)23/h10-12,16-21H,4-9H2,1-3H3/t10?,12-,16-,17?/m1/s1. The van der Waals surface area contributed by atoms with E-state index in [0.29, 0.717) is 18.1 Å². The summed E-state index contributed by atoms with van der Waals surface area (Å²) >= 11 is 0. The van der Waals surface area contributed by atoms with E-state index in [1.165, 1.54) is 12.8 Å². The fraction of sp³-hybridized carbons (Fsp3) is 0.824. The molecular weight excluding hydrogens is 304 g/mol. The molecule has 7 nitrogen and oxygen atoms in total. The van der Waals surface area contributed by atoms with Gasteiger partial charge in [0, 0.05) is 12.0 Å². The molecule has 0 aromatic rings. The Balaban J connectivity index is 1.58. The molecular formula is C17H30N6O. The third-order valence-electron chi connectivity index (χ3n) is 5.24. The highest BCUT2D eigenvalue weighted by atomic mass is 16.5. The molecule has 0 aromatic heterocycles. The molecule has 3 aliphatic heterocycles. The number of nitrogens with zero attached hydrogens (tertiary/aromatic N) is 2. The molecule has 0 bridgehead atoms. The van der Waals surface area contributed by atoms with Crippen LogP contribution in [-0.2, 0) is 4.74 Å². The quantitative estimate of drug-likeness (QED) is 0.577. The lowest BCUT2D eigenvalue weighted by atomic mass is 10.0. The van der Waals surface area contributed by atoms with E-state index in [9.17, 15) is 0 Å². The molecule has 0 aromatic carbocycles. The summed E-state index contributed by atoms with van der Waals surface area (Å²) in [5.74, 6) is 2.62. The zero-order valence-corrected chi connectivity index (χ0v) is 14.9. The minimum absolute atomic E-state index is 0.0870. The lowest BCUT2D eigenvalue weighted by Gasteiger charge is -2.31. The van der Waals surface area contributed by atoms with Crippen molar-refractivity contribution in [2.24, 2.45) is 10.9 Å². The van der Waals surface area contributed by atoms with Gasteiger partial charge in [0.15, 0.2) is 12.1 Å². The first kappa shape index (κ1) is 16.0. The number of aliphatic imine (C=N–C) groups is 1. The monoisotopic (exact) mass is 334 g/mol. The van der Waals surface area contributed by atoms with Gasteiger partial charge in [-0.1, -0.05) is 20.8 Å². The molecule has 4 aliphatic rings. The fourth-order valence-electron chi connectivity index (χ4n) is 3.77. The average molecular weight is 334 g/mol. The van der Waals surface area contributed by atoms with Crippen LogP contribution >= 0.6 is 0 Å². The van der Waals surface area contributed by atoms with Crippen LogP contribution in [-0.4, -0.2) is 48.6 Å². The van der Waals surface area contributed by atoms with Gasteiger partial charge in [0.1, 0.15) is 17.7 Å². The van der Waals surface area contributed by atoms with Crippen molar-refractivity contribution >= 4 is 5.84 Å². The smallest absolute Gasteiger partial charge is 0.177 e. The van der Waals surface area contributed by atoms with E-state index in [2.05, 4.69) is 46.9 Å². The Morgan fingerprint density at radius 1 is 1.33 bits per heavy atom. The summed E-state index contributed by atoms with van der Waals surface area (Å²) in [5.41, 5.74) is 1.09. The maximum Gasteiger partial charge on any atom is 0.177 e. The summed E-state index contributed by atoms with van der Waals surface area (Å²) < 4.78 is 6.30. The molecule has 4 N–H and O–H groups in total. The number of amidine groups is 1. The minimum atomic E-state index is -0.0870. The molecule has 2 saturated heterocycles.